The second-order valence-corrected chi connectivity index (χ2v) is 4.98. The summed E-state index contributed by atoms with van der Waals surface area (Å²) in [6.07, 6.45) is 0.893. The highest BCUT2D eigenvalue weighted by Gasteiger charge is 2.02. The number of benzene rings is 1. The van der Waals surface area contributed by atoms with Gasteiger partial charge in [-0.05, 0) is 31.5 Å². The zero-order valence-electron chi connectivity index (χ0n) is 10.1. The predicted molar refractivity (Wildman–Crippen MR) is 71.6 cm³/mol. The van der Waals surface area contributed by atoms with E-state index in [1.165, 1.54) is 4.88 Å². The lowest BCUT2D eigenvalue weighted by Gasteiger charge is -2.07. The minimum Gasteiger partial charge on any atom is -0.493 e. The van der Waals surface area contributed by atoms with Gasteiger partial charge in [-0.15, -0.1) is 11.3 Å². The molecule has 4 heteroatoms. The van der Waals surface area contributed by atoms with Gasteiger partial charge in [0, 0.05) is 23.1 Å². The highest BCUT2D eigenvalue weighted by Crippen LogP contribution is 2.19. The Bertz CT molecular complexity index is 488. The van der Waals surface area contributed by atoms with E-state index in [1.807, 2.05) is 37.6 Å². The summed E-state index contributed by atoms with van der Waals surface area (Å²) in [5.41, 5.74) is 10.6. The number of rotatable bonds is 4. The van der Waals surface area contributed by atoms with Gasteiger partial charge in [-0.2, -0.15) is 0 Å². The lowest BCUT2D eigenvalue weighted by atomic mass is 10.2. The summed E-state index contributed by atoms with van der Waals surface area (Å²) in [7, 11) is 0. The quantitative estimate of drug-likeness (QED) is 0.846. The van der Waals surface area contributed by atoms with Crippen LogP contribution in [0.15, 0.2) is 23.7 Å². The van der Waals surface area contributed by atoms with Gasteiger partial charge in [0.05, 0.1) is 17.8 Å². The van der Waals surface area contributed by atoms with Gasteiger partial charge in [0.15, 0.2) is 0 Å². The number of nitrogens with two attached hydrogens (primary N) is 1. The number of aryl methyl sites for hydroxylation is 2. The Labute approximate surface area is 105 Å². The first-order valence-electron chi connectivity index (χ1n) is 5.54. The molecule has 1 heterocycles. The van der Waals surface area contributed by atoms with E-state index in [0.29, 0.717) is 6.61 Å². The molecule has 1 aromatic heterocycles. The molecule has 2 aromatic rings. The second-order valence-electron chi connectivity index (χ2n) is 4.04. The zero-order valence-corrected chi connectivity index (χ0v) is 10.9. The fourth-order valence-electron chi connectivity index (χ4n) is 1.69. The van der Waals surface area contributed by atoms with Crippen LogP contribution in [0, 0.1) is 13.8 Å². The molecular formula is C13H16N2OS. The third-order valence-electron chi connectivity index (χ3n) is 2.52. The summed E-state index contributed by atoms with van der Waals surface area (Å²) in [6, 6.07) is 5.78. The Balaban J connectivity index is 1.92. The molecule has 1 aromatic carbocycles. The Morgan fingerprint density at radius 1 is 1.29 bits per heavy atom. The van der Waals surface area contributed by atoms with Gasteiger partial charge >= 0.3 is 0 Å². The van der Waals surface area contributed by atoms with Crippen LogP contribution < -0.4 is 10.5 Å². The largest absolute Gasteiger partial charge is 0.493 e. The molecule has 0 unspecified atom stereocenters. The molecule has 0 aliphatic heterocycles. The smallest absolute Gasteiger partial charge is 0.121 e. The molecule has 0 aliphatic rings. The second kappa shape index (κ2) is 5.19. The molecule has 90 valence electrons. The average Bonchev–Trinajstić information content (AvgIpc) is 2.63. The summed E-state index contributed by atoms with van der Waals surface area (Å²) in [5, 5.41) is 0. The summed E-state index contributed by atoms with van der Waals surface area (Å²) < 4.78 is 5.69. The number of aromatic nitrogens is 1. The van der Waals surface area contributed by atoms with Crippen molar-refractivity contribution >= 4 is 17.0 Å². The molecule has 0 bridgehead atoms. The van der Waals surface area contributed by atoms with Gasteiger partial charge in [0.1, 0.15) is 5.75 Å². The summed E-state index contributed by atoms with van der Waals surface area (Å²) in [6.45, 7) is 4.69. The van der Waals surface area contributed by atoms with E-state index < -0.39 is 0 Å². The van der Waals surface area contributed by atoms with Gasteiger partial charge in [-0.3, -0.25) is 0 Å². The van der Waals surface area contributed by atoms with Gasteiger partial charge in [-0.1, -0.05) is 0 Å². The maximum Gasteiger partial charge on any atom is 0.121 e. The molecule has 0 fully saturated rings. The molecule has 0 amide bonds. The summed E-state index contributed by atoms with van der Waals surface area (Å²) in [4.78, 5) is 5.50. The Kier molecular flexibility index (Phi) is 3.64. The Hall–Kier alpha value is -1.55. The van der Waals surface area contributed by atoms with Crippen LogP contribution >= 0.6 is 11.3 Å². The molecule has 2 rings (SSSR count). The molecule has 0 saturated carbocycles. The van der Waals surface area contributed by atoms with Crippen molar-refractivity contribution < 1.29 is 4.74 Å². The minimum atomic E-state index is 0.659. The van der Waals surface area contributed by atoms with Crippen LogP contribution in [-0.4, -0.2) is 11.6 Å². The molecule has 3 nitrogen and oxygen atoms in total. The van der Waals surface area contributed by atoms with E-state index in [-0.39, 0.29) is 0 Å². The fourth-order valence-corrected chi connectivity index (χ4v) is 2.45. The number of nitrogens with zero attached hydrogens (tertiary/aromatic N) is 1. The third kappa shape index (κ3) is 3.20. The lowest BCUT2D eigenvalue weighted by molar-refractivity contribution is 0.322. The summed E-state index contributed by atoms with van der Waals surface area (Å²) >= 11 is 1.68. The molecule has 0 atom stereocenters. The summed E-state index contributed by atoms with van der Waals surface area (Å²) in [5.74, 6) is 0.838. The van der Waals surface area contributed by atoms with Crippen molar-refractivity contribution in [2.75, 3.05) is 12.3 Å². The SMILES string of the molecule is Cc1cc(N)cc(OCCc2scnc2C)c1. The zero-order chi connectivity index (χ0) is 12.3. The number of anilines is 1. The normalized spacial score (nSPS) is 10.5. The molecule has 0 saturated heterocycles. The van der Waals surface area contributed by atoms with Crippen molar-refractivity contribution in [1.82, 2.24) is 4.98 Å². The van der Waals surface area contributed by atoms with Crippen LogP contribution in [0.5, 0.6) is 5.75 Å². The highest BCUT2D eigenvalue weighted by atomic mass is 32.1. The topological polar surface area (TPSA) is 48.1 Å². The van der Waals surface area contributed by atoms with Crippen molar-refractivity contribution in [3.8, 4) is 5.75 Å². The number of hydrogen-bond acceptors (Lipinski definition) is 4. The van der Waals surface area contributed by atoms with Crippen molar-refractivity contribution in [3.63, 3.8) is 0 Å². The molecule has 17 heavy (non-hydrogen) atoms. The molecule has 2 N–H and O–H groups in total. The average molecular weight is 248 g/mol. The highest BCUT2D eigenvalue weighted by molar-refractivity contribution is 7.09. The van der Waals surface area contributed by atoms with Crippen LogP contribution in [0.2, 0.25) is 0 Å². The van der Waals surface area contributed by atoms with Gasteiger partial charge in [0.2, 0.25) is 0 Å². The first-order valence-corrected chi connectivity index (χ1v) is 6.42. The van der Waals surface area contributed by atoms with E-state index in [1.54, 1.807) is 11.3 Å². The maximum absolute atomic E-state index is 5.76. The molecular weight excluding hydrogens is 232 g/mol. The van der Waals surface area contributed by atoms with Crippen molar-refractivity contribution in [2.24, 2.45) is 0 Å². The minimum absolute atomic E-state index is 0.659. The predicted octanol–water partition coefficient (Wildman–Crippen LogP) is 2.96. The Morgan fingerprint density at radius 3 is 2.76 bits per heavy atom. The first-order chi connectivity index (χ1) is 8.15. The van der Waals surface area contributed by atoms with Gasteiger partial charge in [-0.25, -0.2) is 4.98 Å². The van der Waals surface area contributed by atoms with E-state index in [2.05, 4.69) is 4.98 Å². The Morgan fingerprint density at radius 2 is 2.12 bits per heavy atom. The first kappa shape index (κ1) is 11.9. The van der Waals surface area contributed by atoms with Crippen LogP contribution in [0.4, 0.5) is 5.69 Å². The van der Waals surface area contributed by atoms with Gasteiger partial charge < -0.3 is 10.5 Å². The van der Waals surface area contributed by atoms with Crippen LogP contribution in [0.1, 0.15) is 16.1 Å². The van der Waals surface area contributed by atoms with Crippen molar-refractivity contribution in [3.05, 3.63) is 39.8 Å². The number of thiazole rings is 1. The molecule has 0 aliphatic carbocycles. The van der Waals surface area contributed by atoms with Crippen LogP contribution in [0.25, 0.3) is 0 Å². The monoisotopic (exact) mass is 248 g/mol. The van der Waals surface area contributed by atoms with Crippen molar-refractivity contribution in [2.45, 2.75) is 20.3 Å². The van der Waals surface area contributed by atoms with Crippen molar-refractivity contribution in [1.29, 1.82) is 0 Å². The van der Waals surface area contributed by atoms with E-state index >= 15 is 0 Å². The molecule has 0 spiro atoms. The van der Waals surface area contributed by atoms with Crippen LogP contribution in [-0.2, 0) is 6.42 Å². The third-order valence-corrected chi connectivity index (χ3v) is 3.51. The number of ether oxygens (including phenoxy) is 1. The number of hydrogen-bond donors (Lipinski definition) is 1. The van der Waals surface area contributed by atoms with E-state index in [9.17, 15) is 0 Å². The van der Waals surface area contributed by atoms with E-state index in [0.717, 1.165) is 29.1 Å². The fraction of sp³-hybridized carbons (Fsp3) is 0.308. The maximum atomic E-state index is 5.76. The number of nitrogen functional groups attached to an aromatic ring is 1. The van der Waals surface area contributed by atoms with E-state index in [4.69, 9.17) is 10.5 Å². The molecule has 0 radical (unpaired) electrons. The lowest BCUT2D eigenvalue weighted by Crippen LogP contribution is -2.02. The standard InChI is InChI=1S/C13H16N2OS/c1-9-5-11(14)7-12(6-9)16-4-3-13-10(2)15-8-17-13/h5-8H,3-4,14H2,1-2H3. The van der Waals surface area contributed by atoms with Crippen LogP contribution in [0.3, 0.4) is 0 Å². The van der Waals surface area contributed by atoms with Gasteiger partial charge in [0.25, 0.3) is 0 Å².